The number of methoxy groups -OCH3 is 1. The van der Waals surface area contributed by atoms with Crippen LogP contribution in [-0.4, -0.2) is 73.1 Å². The van der Waals surface area contributed by atoms with Gasteiger partial charge in [-0.1, -0.05) is 11.6 Å². The highest BCUT2D eigenvalue weighted by molar-refractivity contribution is 6.46. The number of amides is 1. The van der Waals surface area contributed by atoms with Gasteiger partial charge in [-0.05, 0) is 30.3 Å². The molecule has 9 heteroatoms. The molecule has 0 aliphatic carbocycles. The van der Waals surface area contributed by atoms with Crippen LogP contribution in [0.1, 0.15) is 17.4 Å². The Kier molecular flexibility index (Phi) is 6.31. The number of morpholine rings is 1. The zero-order chi connectivity index (χ0) is 22.0. The number of carbonyl (C=O) groups is 2. The van der Waals surface area contributed by atoms with E-state index in [2.05, 4.69) is 4.90 Å². The molecular formula is C22H23ClN2O6. The number of benzene rings is 1. The summed E-state index contributed by atoms with van der Waals surface area (Å²) in [7, 11) is 1.48. The van der Waals surface area contributed by atoms with Gasteiger partial charge in [0.15, 0.2) is 0 Å². The Bertz CT molecular complexity index is 997. The number of halogens is 1. The fourth-order valence-electron chi connectivity index (χ4n) is 3.90. The number of Topliss-reactive ketones (excluding diaryl/α,β-unsaturated/α-hetero) is 1. The number of aliphatic hydroxyl groups excluding tert-OH is 1. The first-order chi connectivity index (χ1) is 15.0. The summed E-state index contributed by atoms with van der Waals surface area (Å²) in [5.41, 5.74) is 0.289. The van der Waals surface area contributed by atoms with Crippen LogP contribution in [-0.2, 0) is 14.3 Å². The van der Waals surface area contributed by atoms with Crippen LogP contribution >= 0.6 is 11.6 Å². The molecule has 4 rings (SSSR count). The number of rotatable bonds is 6. The van der Waals surface area contributed by atoms with Crippen molar-refractivity contribution in [3.05, 3.63) is 58.5 Å². The van der Waals surface area contributed by atoms with Crippen LogP contribution in [0.2, 0.25) is 5.02 Å². The Balaban J connectivity index is 1.70. The van der Waals surface area contributed by atoms with Gasteiger partial charge in [-0.15, -0.1) is 0 Å². The SMILES string of the molecule is COc1ccc(C(O)=C2C(=O)C(=O)N(CCN3CCOCC3)C2c2ccco2)cc1Cl. The van der Waals surface area contributed by atoms with Crippen molar-refractivity contribution in [2.24, 2.45) is 0 Å². The molecular weight excluding hydrogens is 424 g/mol. The Hall–Kier alpha value is -2.81. The second-order valence-electron chi connectivity index (χ2n) is 7.31. The standard InChI is InChI=1S/C22H23ClN2O6/c1-29-16-5-4-14(13-15(16)23)20(26)18-19(17-3-2-10-31-17)25(22(28)21(18)27)7-6-24-8-11-30-12-9-24/h2-5,10,13,19,26H,6-9,11-12H2,1H3. The lowest BCUT2D eigenvalue weighted by atomic mass is 9.99. The van der Waals surface area contributed by atoms with Crippen LogP contribution in [0, 0.1) is 0 Å². The minimum Gasteiger partial charge on any atom is -0.507 e. The highest BCUT2D eigenvalue weighted by atomic mass is 35.5. The zero-order valence-electron chi connectivity index (χ0n) is 17.0. The van der Waals surface area contributed by atoms with Crippen molar-refractivity contribution in [3.8, 4) is 5.75 Å². The van der Waals surface area contributed by atoms with E-state index >= 15 is 0 Å². The van der Waals surface area contributed by atoms with Gasteiger partial charge < -0.3 is 23.9 Å². The maximum atomic E-state index is 13.0. The molecule has 0 spiro atoms. The predicted molar refractivity (Wildman–Crippen MR) is 113 cm³/mol. The number of hydrogen-bond donors (Lipinski definition) is 1. The van der Waals surface area contributed by atoms with E-state index in [0.29, 0.717) is 43.4 Å². The van der Waals surface area contributed by atoms with Crippen LogP contribution in [0.4, 0.5) is 0 Å². The lowest BCUT2D eigenvalue weighted by Gasteiger charge is -2.30. The number of carbonyl (C=O) groups excluding carboxylic acids is 2. The summed E-state index contributed by atoms with van der Waals surface area (Å²) in [6.07, 6.45) is 1.47. The Labute approximate surface area is 184 Å². The monoisotopic (exact) mass is 446 g/mol. The molecule has 1 aromatic carbocycles. The minimum atomic E-state index is -0.822. The molecule has 0 saturated carbocycles. The van der Waals surface area contributed by atoms with Gasteiger partial charge in [0.05, 0.1) is 37.2 Å². The van der Waals surface area contributed by atoms with Gasteiger partial charge in [-0.25, -0.2) is 0 Å². The molecule has 0 bridgehead atoms. The number of nitrogens with zero attached hydrogens (tertiary/aromatic N) is 2. The van der Waals surface area contributed by atoms with Crippen LogP contribution < -0.4 is 4.74 Å². The molecule has 1 aromatic heterocycles. The molecule has 0 radical (unpaired) electrons. The Morgan fingerprint density at radius 2 is 2.00 bits per heavy atom. The number of ketones is 1. The third kappa shape index (κ3) is 4.19. The number of furan rings is 1. The highest BCUT2D eigenvalue weighted by Gasteiger charge is 2.47. The summed E-state index contributed by atoms with van der Waals surface area (Å²) in [4.78, 5) is 29.5. The van der Waals surface area contributed by atoms with Crippen molar-refractivity contribution in [2.45, 2.75) is 6.04 Å². The van der Waals surface area contributed by atoms with Gasteiger partial charge in [0.1, 0.15) is 23.3 Å². The maximum absolute atomic E-state index is 13.0. The molecule has 2 aliphatic heterocycles. The Morgan fingerprint density at radius 1 is 1.23 bits per heavy atom. The second-order valence-corrected chi connectivity index (χ2v) is 7.72. The molecule has 1 unspecified atom stereocenters. The van der Waals surface area contributed by atoms with E-state index in [1.54, 1.807) is 24.3 Å². The molecule has 2 saturated heterocycles. The number of aliphatic hydroxyl groups is 1. The molecule has 1 N–H and O–H groups in total. The summed E-state index contributed by atoms with van der Waals surface area (Å²) < 4.78 is 16.0. The second kappa shape index (κ2) is 9.13. The largest absolute Gasteiger partial charge is 0.507 e. The van der Waals surface area contributed by atoms with Crippen LogP contribution in [0.15, 0.2) is 46.6 Å². The van der Waals surface area contributed by atoms with Crippen molar-refractivity contribution in [3.63, 3.8) is 0 Å². The van der Waals surface area contributed by atoms with E-state index in [0.717, 1.165) is 13.1 Å². The zero-order valence-corrected chi connectivity index (χ0v) is 17.8. The molecule has 3 heterocycles. The lowest BCUT2D eigenvalue weighted by Crippen LogP contribution is -2.42. The first kappa shape index (κ1) is 21.4. The molecule has 1 amide bonds. The number of ether oxygens (including phenoxy) is 2. The highest BCUT2D eigenvalue weighted by Crippen LogP contribution is 2.40. The van der Waals surface area contributed by atoms with Gasteiger partial charge in [0.25, 0.3) is 11.7 Å². The molecule has 2 aromatic rings. The molecule has 31 heavy (non-hydrogen) atoms. The third-order valence-corrected chi connectivity index (χ3v) is 5.83. The maximum Gasteiger partial charge on any atom is 0.295 e. The van der Waals surface area contributed by atoms with Crippen molar-refractivity contribution < 1.29 is 28.6 Å². The summed E-state index contributed by atoms with van der Waals surface area (Å²) in [6.45, 7) is 3.70. The third-order valence-electron chi connectivity index (χ3n) is 5.54. The normalized spacial score (nSPS) is 21.6. The Morgan fingerprint density at radius 3 is 2.65 bits per heavy atom. The van der Waals surface area contributed by atoms with E-state index in [9.17, 15) is 14.7 Å². The van der Waals surface area contributed by atoms with E-state index in [1.807, 2.05) is 0 Å². The summed E-state index contributed by atoms with van der Waals surface area (Å²) in [5, 5.41) is 11.3. The van der Waals surface area contributed by atoms with Crippen molar-refractivity contribution in [1.29, 1.82) is 0 Å². The van der Waals surface area contributed by atoms with Gasteiger partial charge in [-0.2, -0.15) is 0 Å². The lowest BCUT2D eigenvalue weighted by molar-refractivity contribution is -0.140. The average molecular weight is 447 g/mol. The molecule has 1 atom stereocenters. The number of likely N-dealkylation sites (tertiary alicyclic amines) is 1. The topological polar surface area (TPSA) is 92.5 Å². The first-order valence-electron chi connectivity index (χ1n) is 9.97. The summed E-state index contributed by atoms with van der Waals surface area (Å²) in [5.74, 6) is -0.893. The van der Waals surface area contributed by atoms with Crippen LogP contribution in [0.25, 0.3) is 5.76 Å². The van der Waals surface area contributed by atoms with E-state index in [1.165, 1.54) is 24.3 Å². The quantitative estimate of drug-likeness (QED) is 0.414. The average Bonchev–Trinajstić information content (AvgIpc) is 3.40. The smallest absolute Gasteiger partial charge is 0.295 e. The fourth-order valence-corrected chi connectivity index (χ4v) is 4.15. The van der Waals surface area contributed by atoms with E-state index < -0.39 is 17.7 Å². The van der Waals surface area contributed by atoms with E-state index in [-0.39, 0.29) is 16.4 Å². The molecule has 2 aliphatic rings. The van der Waals surface area contributed by atoms with Gasteiger partial charge in [-0.3, -0.25) is 14.5 Å². The van der Waals surface area contributed by atoms with Gasteiger partial charge in [0, 0.05) is 31.7 Å². The summed E-state index contributed by atoms with van der Waals surface area (Å²) in [6, 6.07) is 7.22. The van der Waals surface area contributed by atoms with Crippen molar-refractivity contribution >= 4 is 29.1 Å². The van der Waals surface area contributed by atoms with Gasteiger partial charge in [0.2, 0.25) is 0 Å². The van der Waals surface area contributed by atoms with Crippen LogP contribution in [0.5, 0.6) is 5.75 Å². The number of hydrogen-bond acceptors (Lipinski definition) is 7. The molecule has 2 fully saturated rings. The molecule has 8 nitrogen and oxygen atoms in total. The van der Waals surface area contributed by atoms with Gasteiger partial charge >= 0.3 is 0 Å². The van der Waals surface area contributed by atoms with Crippen molar-refractivity contribution in [1.82, 2.24) is 9.80 Å². The predicted octanol–water partition coefficient (Wildman–Crippen LogP) is 2.70. The van der Waals surface area contributed by atoms with Crippen molar-refractivity contribution in [2.75, 3.05) is 46.5 Å². The van der Waals surface area contributed by atoms with Crippen LogP contribution in [0.3, 0.4) is 0 Å². The minimum absolute atomic E-state index is 0.0249. The molecule has 164 valence electrons. The summed E-state index contributed by atoms with van der Waals surface area (Å²) >= 11 is 6.19. The fraction of sp³-hybridized carbons (Fsp3) is 0.364. The van der Waals surface area contributed by atoms with E-state index in [4.69, 9.17) is 25.5 Å². The first-order valence-corrected chi connectivity index (χ1v) is 10.3.